The van der Waals surface area contributed by atoms with Crippen molar-refractivity contribution in [1.82, 2.24) is 9.88 Å². The Hall–Kier alpha value is -3.30. The zero-order chi connectivity index (χ0) is 21.2. The van der Waals surface area contributed by atoms with Gasteiger partial charge in [0.15, 0.2) is 0 Å². The van der Waals surface area contributed by atoms with E-state index in [1.54, 1.807) is 7.11 Å². The van der Waals surface area contributed by atoms with E-state index in [2.05, 4.69) is 57.3 Å². The maximum absolute atomic E-state index is 9.63. The summed E-state index contributed by atoms with van der Waals surface area (Å²) in [5, 5.41) is 9.63. The molecule has 1 saturated carbocycles. The fraction of sp³-hybridized carbons (Fsp3) is 0.360. The number of hydrogen-bond acceptors (Lipinski definition) is 6. The van der Waals surface area contributed by atoms with Gasteiger partial charge in [-0.05, 0) is 35.6 Å². The predicted octanol–water partition coefficient (Wildman–Crippen LogP) is 4.15. The Morgan fingerprint density at radius 1 is 1.03 bits per heavy atom. The number of methoxy groups -OCH3 is 1. The molecule has 0 N–H and O–H groups in total. The van der Waals surface area contributed by atoms with Gasteiger partial charge in [-0.3, -0.25) is 4.90 Å². The summed E-state index contributed by atoms with van der Waals surface area (Å²) in [5.41, 5.74) is 3.00. The Bertz CT molecular complexity index is 1060. The Morgan fingerprint density at radius 2 is 1.77 bits per heavy atom. The first-order valence-corrected chi connectivity index (χ1v) is 10.8. The van der Waals surface area contributed by atoms with Gasteiger partial charge in [0.05, 0.1) is 7.11 Å². The number of rotatable bonds is 6. The van der Waals surface area contributed by atoms with E-state index in [-0.39, 0.29) is 5.92 Å². The number of ether oxygens (including phenoxy) is 1. The summed E-state index contributed by atoms with van der Waals surface area (Å²) in [6.07, 6.45) is 1.00. The summed E-state index contributed by atoms with van der Waals surface area (Å²) in [7, 11) is 1.67. The van der Waals surface area contributed by atoms with Crippen molar-refractivity contribution in [2.45, 2.75) is 24.8 Å². The van der Waals surface area contributed by atoms with Crippen LogP contribution in [-0.2, 0) is 6.54 Å². The van der Waals surface area contributed by atoms with Crippen molar-refractivity contribution >= 4 is 5.88 Å². The summed E-state index contributed by atoms with van der Waals surface area (Å²) >= 11 is 0. The van der Waals surface area contributed by atoms with Crippen LogP contribution in [0.3, 0.4) is 0 Å². The Labute approximate surface area is 182 Å². The normalized spacial score (nSPS) is 21.0. The average molecular weight is 415 g/mol. The molecule has 0 spiro atoms. The minimum Gasteiger partial charge on any atom is -0.497 e. The molecule has 2 heterocycles. The molecule has 0 amide bonds. The summed E-state index contributed by atoms with van der Waals surface area (Å²) in [6, 6.07) is 21.0. The highest BCUT2D eigenvalue weighted by Gasteiger charge is 2.44. The van der Waals surface area contributed by atoms with Crippen LogP contribution in [0.15, 0.2) is 59.0 Å². The second-order valence-electron chi connectivity index (χ2n) is 8.29. The standard InChI is InChI=1S/C25H26N4O2/c1-30-20-9-7-19(8-10-20)21-15-22(21)24-27-23(16-26)25(31-24)29-13-11-28(12-14-29)17-18-5-3-2-4-6-18/h2-10,21-22H,11-15,17H2,1H3. The van der Waals surface area contributed by atoms with Crippen LogP contribution in [0.25, 0.3) is 0 Å². The number of piperazine rings is 1. The van der Waals surface area contributed by atoms with Crippen LogP contribution in [0.2, 0.25) is 0 Å². The smallest absolute Gasteiger partial charge is 0.234 e. The Morgan fingerprint density at radius 3 is 2.45 bits per heavy atom. The highest BCUT2D eigenvalue weighted by molar-refractivity contribution is 5.49. The highest BCUT2D eigenvalue weighted by Crippen LogP contribution is 2.55. The summed E-state index contributed by atoms with van der Waals surface area (Å²) in [6.45, 7) is 4.50. The van der Waals surface area contributed by atoms with Crippen LogP contribution in [0.1, 0.15) is 41.0 Å². The number of nitriles is 1. The van der Waals surface area contributed by atoms with Gasteiger partial charge in [-0.25, -0.2) is 4.98 Å². The van der Waals surface area contributed by atoms with E-state index in [0.29, 0.717) is 23.4 Å². The summed E-state index contributed by atoms with van der Waals surface area (Å²) in [5.74, 6) is 2.83. The minimum absolute atomic E-state index is 0.244. The monoisotopic (exact) mass is 414 g/mol. The lowest BCUT2D eigenvalue weighted by atomic mass is 10.1. The zero-order valence-electron chi connectivity index (χ0n) is 17.7. The first-order valence-electron chi connectivity index (χ1n) is 10.8. The number of anilines is 1. The molecule has 0 bridgehead atoms. The molecule has 2 atom stereocenters. The summed E-state index contributed by atoms with van der Waals surface area (Å²) < 4.78 is 11.4. The predicted molar refractivity (Wildman–Crippen MR) is 118 cm³/mol. The molecule has 1 aromatic heterocycles. The van der Waals surface area contributed by atoms with E-state index >= 15 is 0 Å². The summed E-state index contributed by atoms with van der Waals surface area (Å²) in [4.78, 5) is 9.16. The first-order chi connectivity index (χ1) is 15.2. The van der Waals surface area contributed by atoms with E-state index in [0.717, 1.165) is 44.9 Å². The molecule has 1 saturated heterocycles. The molecule has 158 valence electrons. The fourth-order valence-corrected chi connectivity index (χ4v) is 4.41. The van der Waals surface area contributed by atoms with Crippen molar-refractivity contribution in [3.05, 3.63) is 77.3 Å². The molecule has 31 heavy (non-hydrogen) atoms. The third kappa shape index (κ3) is 4.14. The van der Waals surface area contributed by atoms with E-state index in [1.165, 1.54) is 11.1 Å². The Balaban J connectivity index is 1.24. The average Bonchev–Trinajstić information content (AvgIpc) is 3.51. The second kappa shape index (κ2) is 8.44. The molecule has 1 aliphatic heterocycles. The molecular formula is C25H26N4O2. The minimum atomic E-state index is 0.244. The largest absolute Gasteiger partial charge is 0.497 e. The third-order valence-electron chi connectivity index (χ3n) is 6.29. The number of hydrogen-bond donors (Lipinski definition) is 0. The fourth-order valence-electron chi connectivity index (χ4n) is 4.41. The van der Waals surface area contributed by atoms with Crippen LogP contribution in [-0.4, -0.2) is 43.2 Å². The van der Waals surface area contributed by atoms with Crippen LogP contribution >= 0.6 is 0 Å². The first kappa shape index (κ1) is 19.7. The maximum atomic E-state index is 9.63. The molecule has 3 aromatic rings. The highest BCUT2D eigenvalue weighted by atomic mass is 16.5. The van der Waals surface area contributed by atoms with Crippen molar-refractivity contribution < 1.29 is 9.15 Å². The second-order valence-corrected chi connectivity index (χ2v) is 8.29. The molecule has 2 fully saturated rings. The van der Waals surface area contributed by atoms with Crippen LogP contribution in [0.5, 0.6) is 5.75 Å². The SMILES string of the molecule is COc1ccc(C2CC2c2nc(C#N)c(N3CCN(Cc4ccccc4)CC3)o2)cc1. The van der Waals surface area contributed by atoms with Gasteiger partial charge in [0.1, 0.15) is 11.8 Å². The molecule has 5 rings (SSSR count). The van der Waals surface area contributed by atoms with Crippen molar-refractivity contribution in [1.29, 1.82) is 5.26 Å². The van der Waals surface area contributed by atoms with Gasteiger partial charge in [0.25, 0.3) is 0 Å². The van der Waals surface area contributed by atoms with Gasteiger partial charge < -0.3 is 14.1 Å². The van der Waals surface area contributed by atoms with E-state index < -0.39 is 0 Å². The molecular weight excluding hydrogens is 388 g/mol. The van der Waals surface area contributed by atoms with Gasteiger partial charge >= 0.3 is 0 Å². The lowest BCUT2D eigenvalue weighted by molar-refractivity contribution is 0.245. The van der Waals surface area contributed by atoms with Crippen molar-refractivity contribution in [3.63, 3.8) is 0 Å². The van der Waals surface area contributed by atoms with E-state index in [4.69, 9.17) is 9.15 Å². The van der Waals surface area contributed by atoms with Gasteiger partial charge in [0.2, 0.25) is 17.5 Å². The molecule has 2 unspecified atom stereocenters. The van der Waals surface area contributed by atoms with Gasteiger partial charge in [0, 0.05) is 38.6 Å². The van der Waals surface area contributed by atoms with Gasteiger partial charge in [-0.2, -0.15) is 5.26 Å². The molecule has 1 aliphatic carbocycles. The van der Waals surface area contributed by atoms with Crippen LogP contribution in [0, 0.1) is 11.3 Å². The van der Waals surface area contributed by atoms with Crippen LogP contribution < -0.4 is 9.64 Å². The topological polar surface area (TPSA) is 65.5 Å². The molecule has 0 radical (unpaired) electrons. The molecule has 6 heteroatoms. The van der Waals surface area contributed by atoms with E-state index in [9.17, 15) is 5.26 Å². The quantitative estimate of drug-likeness (QED) is 0.604. The third-order valence-corrected chi connectivity index (χ3v) is 6.29. The lowest BCUT2D eigenvalue weighted by Gasteiger charge is -2.34. The lowest BCUT2D eigenvalue weighted by Crippen LogP contribution is -2.46. The van der Waals surface area contributed by atoms with Gasteiger partial charge in [-0.15, -0.1) is 0 Å². The zero-order valence-corrected chi connectivity index (χ0v) is 17.7. The molecule has 2 aromatic carbocycles. The van der Waals surface area contributed by atoms with Crippen molar-refractivity contribution in [3.8, 4) is 11.8 Å². The molecule has 2 aliphatic rings. The Kier molecular flexibility index (Phi) is 5.35. The number of aromatic nitrogens is 1. The number of benzene rings is 2. The van der Waals surface area contributed by atoms with E-state index in [1.807, 2.05) is 18.2 Å². The van der Waals surface area contributed by atoms with Crippen molar-refractivity contribution in [2.75, 3.05) is 38.2 Å². The van der Waals surface area contributed by atoms with Gasteiger partial charge in [-0.1, -0.05) is 42.5 Å². The molecule has 6 nitrogen and oxygen atoms in total. The number of nitrogens with zero attached hydrogens (tertiary/aromatic N) is 4. The van der Waals surface area contributed by atoms with Crippen molar-refractivity contribution in [2.24, 2.45) is 0 Å². The van der Waals surface area contributed by atoms with Crippen LogP contribution in [0.4, 0.5) is 5.88 Å². The maximum Gasteiger partial charge on any atom is 0.234 e. The number of oxazole rings is 1.